The second-order valence-electron chi connectivity index (χ2n) is 2.96. The van der Waals surface area contributed by atoms with Crippen molar-refractivity contribution < 1.29 is 4.79 Å². The molecule has 2 rings (SSSR count). The summed E-state index contributed by atoms with van der Waals surface area (Å²) in [5.74, 6) is -0.581. The Kier molecular flexibility index (Phi) is 2.43. The third-order valence-corrected chi connectivity index (χ3v) is 2.34. The van der Waals surface area contributed by atoms with E-state index in [0.717, 1.165) is 5.69 Å². The van der Waals surface area contributed by atoms with Crippen LogP contribution in [-0.2, 0) is 0 Å². The second-order valence-corrected chi connectivity index (χ2v) is 3.32. The molecule has 0 spiro atoms. The zero-order valence-corrected chi connectivity index (χ0v) is 8.48. The van der Waals surface area contributed by atoms with E-state index in [1.54, 1.807) is 0 Å². The van der Waals surface area contributed by atoms with E-state index in [1.165, 1.54) is 10.9 Å². The highest BCUT2D eigenvalue weighted by atomic mass is 35.5. The maximum absolute atomic E-state index is 11.0. The number of halogens is 1. The first kappa shape index (κ1) is 9.73. The van der Waals surface area contributed by atoms with Crippen LogP contribution in [0.4, 0.5) is 0 Å². The first-order chi connectivity index (χ1) is 7.20. The number of hydrogen-bond acceptors (Lipinski definition) is 2. The molecular weight excluding hydrogens is 214 g/mol. The number of nitrogens with zero attached hydrogens (tertiary/aromatic N) is 2. The molecule has 0 aliphatic carbocycles. The second kappa shape index (κ2) is 3.74. The van der Waals surface area contributed by atoms with Crippen LogP contribution in [0.3, 0.4) is 0 Å². The molecule has 1 amide bonds. The summed E-state index contributed by atoms with van der Waals surface area (Å²) >= 11 is 5.95. The summed E-state index contributed by atoms with van der Waals surface area (Å²) < 4.78 is 1.46. The first-order valence-corrected chi connectivity index (χ1v) is 4.66. The lowest BCUT2D eigenvalue weighted by atomic mass is 10.3. The Morgan fingerprint density at radius 2 is 2.00 bits per heavy atom. The Balaban J connectivity index is 2.52. The predicted molar refractivity (Wildman–Crippen MR) is 57.1 cm³/mol. The number of para-hydroxylation sites is 1. The summed E-state index contributed by atoms with van der Waals surface area (Å²) in [5, 5.41) is 4.22. The van der Waals surface area contributed by atoms with E-state index in [9.17, 15) is 4.79 Å². The van der Waals surface area contributed by atoms with Gasteiger partial charge >= 0.3 is 0 Å². The minimum absolute atomic E-state index is 0.223. The fraction of sp³-hybridized carbons (Fsp3) is 0. The first-order valence-electron chi connectivity index (χ1n) is 4.29. The van der Waals surface area contributed by atoms with Gasteiger partial charge in [-0.25, -0.2) is 4.68 Å². The molecule has 0 unspecified atom stereocenters. The summed E-state index contributed by atoms with van der Waals surface area (Å²) in [4.78, 5) is 11.0. The summed E-state index contributed by atoms with van der Waals surface area (Å²) in [6.07, 6.45) is 1.36. The molecule has 5 heteroatoms. The zero-order valence-electron chi connectivity index (χ0n) is 7.72. The monoisotopic (exact) mass is 221 g/mol. The molecular formula is C10H8ClN3O. The number of carbonyl (C=O) groups is 1. The van der Waals surface area contributed by atoms with Crippen LogP contribution in [0.1, 0.15) is 10.4 Å². The van der Waals surface area contributed by atoms with Gasteiger partial charge in [-0.15, -0.1) is 0 Å². The third kappa shape index (κ3) is 1.71. The molecule has 76 valence electrons. The average molecular weight is 222 g/mol. The summed E-state index contributed by atoms with van der Waals surface area (Å²) in [7, 11) is 0. The molecule has 15 heavy (non-hydrogen) atoms. The van der Waals surface area contributed by atoms with Crippen molar-refractivity contribution >= 4 is 17.5 Å². The van der Waals surface area contributed by atoms with Crippen molar-refractivity contribution in [2.75, 3.05) is 0 Å². The highest BCUT2D eigenvalue weighted by molar-refractivity contribution is 6.33. The molecule has 0 saturated heterocycles. The Bertz CT molecular complexity index is 493. The van der Waals surface area contributed by atoms with Crippen LogP contribution < -0.4 is 5.73 Å². The maximum Gasteiger partial charge on any atom is 0.253 e. The summed E-state index contributed by atoms with van der Waals surface area (Å²) in [5.41, 5.74) is 6.14. The number of nitrogens with two attached hydrogens (primary N) is 1. The van der Waals surface area contributed by atoms with E-state index in [0.29, 0.717) is 0 Å². The number of hydrogen-bond donors (Lipinski definition) is 1. The molecule has 0 fully saturated rings. The van der Waals surface area contributed by atoms with Gasteiger partial charge in [0.15, 0.2) is 0 Å². The van der Waals surface area contributed by atoms with Gasteiger partial charge in [0.1, 0.15) is 5.15 Å². The van der Waals surface area contributed by atoms with Gasteiger partial charge in [-0.2, -0.15) is 5.10 Å². The topological polar surface area (TPSA) is 60.9 Å². The van der Waals surface area contributed by atoms with Crippen LogP contribution in [0.5, 0.6) is 0 Å². The van der Waals surface area contributed by atoms with E-state index in [-0.39, 0.29) is 10.7 Å². The third-order valence-electron chi connectivity index (χ3n) is 1.98. The summed E-state index contributed by atoms with van der Waals surface area (Å²) in [6.45, 7) is 0. The molecule has 0 aliphatic heterocycles. The Hall–Kier alpha value is -1.81. The van der Waals surface area contributed by atoms with Crippen molar-refractivity contribution in [2.24, 2.45) is 5.73 Å². The lowest BCUT2D eigenvalue weighted by molar-refractivity contribution is 0.100. The quantitative estimate of drug-likeness (QED) is 0.838. The maximum atomic E-state index is 11.0. The molecule has 2 aromatic rings. The largest absolute Gasteiger partial charge is 0.365 e. The minimum atomic E-state index is -0.581. The van der Waals surface area contributed by atoms with Crippen LogP contribution in [0, 0.1) is 0 Å². The number of rotatable bonds is 2. The van der Waals surface area contributed by atoms with Crippen molar-refractivity contribution in [3.63, 3.8) is 0 Å². The molecule has 0 radical (unpaired) electrons. The summed E-state index contributed by atoms with van der Waals surface area (Å²) in [6, 6.07) is 9.28. The highest BCUT2D eigenvalue weighted by Gasteiger charge is 2.13. The molecule has 0 aliphatic rings. The van der Waals surface area contributed by atoms with Crippen LogP contribution in [0.25, 0.3) is 5.69 Å². The van der Waals surface area contributed by atoms with Crippen LogP contribution in [-0.4, -0.2) is 15.7 Å². The molecule has 0 atom stereocenters. The van der Waals surface area contributed by atoms with Crippen molar-refractivity contribution in [3.05, 3.63) is 47.2 Å². The van der Waals surface area contributed by atoms with E-state index in [1.807, 2.05) is 30.3 Å². The highest BCUT2D eigenvalue weighted by Crippen LogP contribution is 2.19. The van der Waals surface area contributed by atoms with Gasteiger partial charge in [0.05, 0.1) is 17.4 Å². The van der Waals surface area contributed by atoms with Crippen LogP contribution in [0.2, 0.25) is 5.15 Å². The van der Waals surface area contributed by atoms with Gasteiger partial charge < -0.3 is 5.73 Å². The van der Waals surface area contributed by atoms with Crippen molar-refractivity contribution in [2.45, 2.75) is 0 Å². The normalized spacial score (nSPS) is 10.2. The molecule has 1 aromatic carbocycles. The molecule has 0 bridgehead atoms. The lowest BCUT2D eigenvalue weighted by Crippen LogP contribution is -2.10. The van der Waals surface area contributed by atoms with Crippen molar-refractivity contribution in [3.8, 4) is 5.69 Å². The van der Waals surface area contributed by atoms with Gasteiger partial charge in [0.25, 0.3) is 5.91 Å². The van der Waals surface area contributed by atoms with Crippen molar-refractivity contribution in [1.82, 2.24) is 9.78 Å². The average Bonchev–Trinajstić information content (AvgIpc) is 2.61. The number of primary amides is 1. The van der Waals surface area contributed by atoms with E-state index < -0.39 is 5.91 Å². The van der Waals surface area contributed by atoms with Gasteiger partial charge in [-0.05, 0) is 12.1 Å². The minimum Gasteiger partial charge on any atom is -0.365 e. The van der Waals surface area contributed by atoms with Crippen LogP contribution in [0.15, 0.2) is 36.5 Å². The Morgan fingerprint density at radius 1 is 1.33 bits per heavy atom. The number of aromatic nitrogens is 2. The van der Waals surface area contributed by atoms with Gasteiger partial charge in [-0.3, -0.25) is 4.79 Å². The van der Waals surface area contributed by atoms with E-state index in [2.05, 4.69) is 5.10 Å². The fourth-order valence-corrected chi connectivity index (χ4v) is 1.53. The standard InChI is InChI=1S/C10H8ClN3O/c11-9-8(10(12)15)6-13-14(9)7-4-2-1-3-5-7/h1-6H,(H2,12,15). The number of amides is 1. The number of carbonyl (C=O) groups excluding carboxylic acids is 1. The molecule has 1 heterocycles. The molecule has 2 N–H and O–H groups in total. The number of benzene rings is 1. The Labute approximate surface area is 91.3 Å². The fourth-order valence-electron chi connectivity index (χ4n) is 1.25. The van der Waals surface area contributed by atoms with E-state index >= 15 is 0 Å². The Morgan fingerprint density at radius 3 is 2.53 bits per heavy atom. The van der Waals surface area contributed by atoms with Gasteiger partial charge in [0.2, 0.25) is 0 Å². The predicted octanol–water partition coefficient (Wildman–Crippen LogP) is 1.62. The zero-order chi connectivity index (χ0) is 10.8. The lowest BCUT2D eigenvalue weighted by Gasteiger charge is -2.01. The smallest absolute Gasteiger partial charge is 0.253 e. The van der Waals surface area contributed by atoms with Gasteiger partial charge in [-0.1, -0.05) is 29.8 Å². The van der Waals surface area contributed by atoms with Gasteiger partial charge in [0, 0.05) is 0 Å². The molecule has 0 saturated carbocycles. The van der Waals surface area contributed by atoms with Crippen molar-refractivity contribution in [1.29, 1.82) is 0 Å². The molecule has 1 aromatic heterocycles. The van der Waals surface area contributed by atoms with E-state index in [4.69, 9.17) is 17.3 Å². The van der Waals surface area contributed by atoms with Crippen LogP contribution >= 0.6 is 11.6 Å². The molecule has 4 nitrogen and oxygen atoms in total. The SMILES string of the molecule is NC(=O)c1cnn(-c2ccccc2)c1Cl.